The van der Waals surface area contributed by atoms with Gasteiger partial charge in [0, 0.05) is 18.5 Å². The summed E-state index contributed by atoms with van der Waals surface area (Å²) in [6.45, 7) is -0.509. The molecular formula is C14H19ClF3NO. The van der Waals surface area contributed by atoms with E-state index in [-0.39, 0.29) is 12.6 Å². The first-order chi connectivity index (χ1) is 9.51. The molecule has 1 aromatic rings. The SMILES string of the molecule is FC(F)(F)COCCCNC(CCl)Cc1ccccc1. The summed E-state index contributed by atoms with van der Waals surface area (Å²) in [5, 5.41) is 3.22. The lowest BCUT2D eigenvalue weighted by Gasteiger charge is -2.16. The van der Waals surface area contributed by atoms with E-state index in [1.807, 2.05) is 30.3 Å². The van der Waals surface area contributed by atoms with Crippen molar-refractivity contribution in [3.8, 4) is 0 Å². The van der Waals surface area contributed by atoms with Crippen LogP contribution in [-0.2, 0) is 11.2 Å². The molecular weight excluding hydrogens is 291 g/mol. The van der Waals surface area contributed by atoms with Gasteiger partial charge in [-0.1, -0.05) is 30.3 Å². The Morgan fingerprint density at radius 1 is 1.20 bits per heavy atom. The van der Waals surface area contributed by atoms with Gasteiger partial charge in [-0.15, -0.1) is 11.6 Å². The van der Waals surface area contributed by atoms with Gasteiger partial charge in [-0.25, -0.2) is 0 Å². The van der Waals surface area contributed by atoms with Crippen molar-refractivity contribution < 1.29 is 17.9 Å². The van der Waals surface area contributed by atoms with E-state index in [0.29, 0.717) is 18.8 Å². The molecule has 1 atom stereocenters. The van der Waals surface area contributed by atoms with E-state index in [1.165, 1.54) is 5.56 Å². The van der Waals surface area contributed by atoms with Crippen LogP contribution in [0.15, 0.2) is 30.3 Å². The molecule has 1 N–H and O–H groups in total. The van der Waals surface area contributed by atoms with Gasteiger partial charge in [0.25, 0.3) is 0 Å². The second-order valence-corrected chi connectivity index (χ2v) is 4.82. The molecule has 0 aliphatic heterocycles. The molecule has 6 heteroatoms. The molecule has 20 heavy (non-hydrogen) atoms. The molecule has 0 aliphatic rings. The predicted molar refractivity (Wildman–Crippen MR) is 74.1 cm³/mol. The van der Waals surface area contributed by atoms with Crippen molar-refractivity contribution >= 4 is 11.6 Å². The molecule has 0 fully saturated rings. The van der Waals surface area contributed by atoms with Gasteiger partial charge in [-0.05, 0) is 24.9 Å². The molecule has 0 saturated carbocycles. The zero-order chi connectivity index (χ0) is 14.8. The minimum atomic E-state index is -4.25. The fourth-order valence-electron chi connectivity index (χ4n) is 1.75. The fraction of sp³-hybridized carbons (Fsp3) is 0.571. The lowest BCUT2D eigenvalue weighted by molar-refractivity contribution is -0.173. The van der Waals surface area contributed by atoms with E-state index >= 15 is 0 Å². The molecule has 0 bridgehead atoms. The second-order valence-electron chi connectivity index (χ2n) is 4.52. The van der Waals surface area contributed by atoms with Gasteiger partial charge in [0.2, 0.25) is 0 Å². The van der Waals surface area contributed by atoms with E-state index in [4.69, 9.17) is 11.6 Å². The zero-order valence-electron chi connectivity index (χ0n) is 11.1. The zero-order valence-corrected chi connectivity index (χ0v) is 11.9. The summed E-state index contributed by atoms with van der Waals surface area (Å²) in [6.07, 6.45) is -2.93. The van der Waals surface area contributed by atoms with E-state index < -0.39 is 12.8 Å². The van der Waals surface area contributed by atoms with Crippen molar-refractivity contribution in [1.29, 1.82) is 0 Å². The Bertz CT molecular complexity index is 359. The molecule has 0 amide bonds. The monoisotopic (exact) mass is 309 g/mol. The number of hydrogen-bond acceptors (Lipinski definition) is 2. The summed E-state index contributed by atoms with van der Waals surface area (Å²) < 4.78 is 40.0. The number of rotatable bonds is 9. The minimum absolute atomic E-state index is 0.0901. The third-order valence-electron chi connectivity index (χ3n) is 2.68. The second kappa shape index (κ2) is 9.21. The molecule has 1 unspecified atom stereocenters. The van der Waals surface area contributed by atoms with Crippen molar-refractivity contribution in [3.05, 3.63) is 35.9 Å². The summed E-state index contributed by atoms with van der Waals surface area (Å²) >= 11 is 5.87. The van der Waals surface area contributed by atoms with Gasteiger partial charge >= 0.3 is 6.18 Å². The highest BCUT2D eigenvalue weighted by atomic mass is 35.5. The van der Waals surface area contributed by atoms with Crippen LogP contribution in [0.2, 0.25) is 0 Å². The van der Waals surface area contributed by atoms with E-state index in [0.717, 1.165) is 6.42 Å². The van der Waals surface area contributed by atoms with Gasteiger partial charge in [0.1, 0.15) is 6.61 Å². The lowest BCUT2D eigenvalue weighted by Crippen LogP contribution is -2.34. The Morgan fingerprint density at radius 3 is 2.50 bits per heavy atom. The largest absolute Gasteiger partial charge is 0.411 e. The molecule has 1 aromatic carbocycles. The van der Waals surface area contributed by atoms with Crippen LogP contribution < -0.4 is 5.32 Å². The predicted octanol–water partition coefficient (Wildman–Crippen LogP) is 3.40. The van der Waals surface area contributed by atoms with E-state index in [9.17, 15) is 13.2 Å². The fourth-order valence-corrected chi connectivity index (χ4v) is 1.97. The number of alkyl halides is 4. The molecule has 0 saturated heterocycles. The van der Waals surface area contributed by atoms with Gasteiger partial charge in [0.05, 0.1) is 0 Å². The first-order valence-electron chi connectivity index (χ1n) is 6.49. The molecule has 0 heterocycles. The lowest BCUT2D eigenvalue weighted by atomic mass is 10.1. The van der Waals surface area contributed by atoms with Gasteiger partial charge in [0.15, 0.2) is 0 Å². The highest BCUT2D eigenvalue weighted by Crippen LogP contribution is 2.14. The third kappa shape index (κ3) is 8.40. The molecule has 0 radical (unpaired) electrons. The van der Waals surface area contributed by atoms with E-state index in [1.54, 1.807) is 0 Å². The Labute approximate surface area is 122 Å². The average molecular weight is 310 g/mol. The van der Waals surface area contributed by atoms with Crippen LogP contribution in [0.3, 0.4) is 0 Å². The van der Waals surface area contributed by atoms with Crippen molar-refractivity contribution in [1.82, 2.24) is 5.32 Å². The standard InChI is InChI=1S/C14H19ClF3NO/c15-10-13(9-12-5-2-1-3-6-12)19-7-4-8-20-11-14(16,17)18/h1-3,5-6,13,19H,4,7-11H2. The van der Waals surface area contributed by atoms with Crippen LogP contribution in [0.1, 0.15) is 12.0 Å². The summed E-state index contributed by atoms with van der Waals surface area (Å²) in [4.78, 5) is 0. The molecule has 0 aliphatic carbocycles. The quantitative estimate of drug-likeness (QED) is 0.557. The van der Waals surface area contributed by atoms with Crippen molar-refractivity contribution in [3.63, 3.8) is 0 Å². The van der Waals surface area contributed by atoms with E-state index in [2.05, 4.69) is 10.1 Å². The summed E-state index contributed by atoms with van der Waals surface area (Å²) in [5.74, 6) is 0.457. The maximum Gasteiger partial charge on any atom is 0.411 e. The van der Waals surface area contributed by atoms with Crippen LogP contribution in [0.5, 0.6) is 0 Å². The van der Waals surface area contributed by atoms with Crippen molar-refractivity contribution in [2.75, 3.05) is 25.6 Å². The summed E-state index contributed by atoms with van der Waals surface area (Å²) in [5.41, 5.74) is 1.18. The molecule has 0 aromatic heterocycles. The number of hydrogen-bond donors (Lipinski definition) is 1. The number of nitrogens with one attached hydrogen (secondary N) is 1. The molecule has 1 rings (SSSR count). The first-order valence-corrected chi connectivity index (χ1v) is 7.02. The topological polar surface area (TPSA) is 21.3 Å². The van der Waals surface area contributed by atoms with Crippen LogP contribution >= 0.6 is 11.6 Å². The third-order valence-corrected chi connectivity index (χ3v) is 3.05. The van der Waals surface area contributed by atoms with Gasteiger partial charge in [-0.3, -0.25) is 0 Å². The highest BCUT2D eigenvalue weighted by Gasteiger charge is 2.27. The Morgan fingerprint density at radius 2 is 1.90 bits per heavy atom. The smallest absolute Gasteiger partial charge is 0.372 e. The number of benzene rings is 1. The maximum absolute atomic E-state index is 11.8. The minimum Gasteiger partial charge on any atom is -0.372 e. The van der Waals surface area contributed by atoms with Crippen LogP contribution in [0.4, 0.5) is 13.2 Å². The highest BCUT2D eigenvalue weighted by molar-refractivity contribution is 6.18. The summed E-state index contributed by atoms with van der Waals surface area (Å²) in [7, 11) is 0. The Hall–Kier alpha value is -0.780. The van der Waals surface area contributed by atoms with Crippen molar-refractivity contribution in [2.24, 2.45) is 0 Å². The molecule has 0 spiro atoms. The Balaban J connectivity index is 2.13. The van der Waals surface area contributed by atoms with Gasteiger partial charge in [-0.2, -0.15) is 13.2 Å². The van der Waals surface area contributed by atoms with Crippen LogP contribution in [-0.4, -0.2) is 37.9 Å². The normalized spacial score (nSPS) is 13.4. The van der Waals surface area contributed by atoms with Crippen LogP contribution in [0.25, 0.3) is 0 Å². The average Bonchev–Trinajstić information content (AvgIpc) is 2.41. The van der Waals surface area contributed by atoms with Crippen LogP contribution in [0, 0.1) is 0 Å². The van der Waals surface area contributed by atoms with Gasteiger partial charge < -0.3 is 10.1 Å². The Kier molecular flexibility index (Phi) is 7.95. The first kappa shape index (κ1) is 17.3. The number of ether oxygens (including phenoxy) is 1. The maximum atomic E-state index is 11.8. The molecule has 2 nitrogen and oxygen atoms in total. The van der Waals surface area contributed by atoms with Crippen molar-refractivity contribution in [2.45, 2.75) is 25.1 Å². The molecule has 114 valence electrons. The number of halogens is 4. The summed E-state index contributed by atoms with van der Waals surface area (Å²) in [6, 6.07) is 10.0.